The molecule has 0 aliphatic carbocycles. The number of hydrogen-bond donors (Lipinski definition) is 1. The molecule has 5 heteroatoms. The average molecular weight is 241 g/mol. The highest BCUT2D eigenvalue weighted by Gasteiger charge is 2.27. The molecule has 16 heavy (non-hydrogen) atoms. The summed E-state index contributed by atoms with van der Waals surface area (Å²) in [5.74, 6) is 0.0126. The number of nitrogens with zero attached hydrogens (tertiary/aromatic N) is 1. The average Bonchev–Trinajstić information content (AvgIpc) is 2.87. The van der Waals surface area contributed by atoms with E-state index in [2.05, 4.69) is 0 Å². The van der Waals surface area contributed by atoms with E-state index in [9.17, 15) is 9.90 Å². The fraction of sp³-hybridized carbons (Fsp3) is 0.545. The largest absolute Gasteiger partial charge is 0.391 e. The summed E-state index contributed by atoms with van der Waals surface area (Å²) in [7, 11) is 1.62. The van der Waals surface area contributed by atoms with Gasteiger partial charge in [-0.25, -0.2) is 0 Å². The minimum atomic E-state index is -0.366. The number of hydrogen-bond acceptors (Lipinski definition) is 4. The molecule has 2 rings (SSSR count). The highest BCUT2D eigenvalue weighted by atomic mass is 32.1. The van der Waals surface area contributed by atoms with E-state index in [-0.39, 0.29) is 12.0 Å². The molecule has 4 nitrogen and oxygen atoms in total. The van der Waals surface area contributed by atoms with Crippen molar-refractivity contribution in [2.24, 2.45) is 0 Å². The van der Waals surface area contributed by atoms with Gasteiger partial charge in [-0.15, -0.1) is 11.3 Å². The van der Waals surface area contributed by atoms with Crippen LogP contribution in [0.15, 0.2) is 11.4 Å². The zero-order valence-electron chi connectivity index (χ0n) is 9.18. The Kier molecular flexibility index (Phi) is 3.58. The van der Waals surface area contributed by atoms with E-state index in [4.69, 9.17) is 4.74 Å². The van der Waals surface area contributed by atoms with E-state index in [1.807, 2.05) is 11.4 Å². The molecule has 88 valence electrons. The third-order valence-corrected chi connectivity index (χ3v) is 3.64. The first-order valence-electron chi connectivity index (χ1n) is 5.25. The molecule has 0 unspecified atom stereocenters. The summed E-state index contributed by atoms with van der Waals surface area (Å²) in [6.07, 6.45) is 0.311. The van der Waals surface area contributed by atoms with Crippen molar-refractivity contribution in [3.05, 3.63) is 21.9 Å². The second-order valence-electron chi connectivity index (χ2n) is 3.90. The Labute approximate surface area is 98.4 Å². The minimum absolute atomic E-state index is 0.0126. The molecule has 0 bridgehead atoms. The molecule has 2 heterocycles. The van der Waals surface area contributed by atoms with Gasteiger partial charge in [0.2, 0.25) is 0 Å². The normalized spacial score (nSPS) is 20.4. The van der Waals surface area contributed by atoms with Crippen molar-refractivity contribution in [2.45, 2.75) is 19.1 Å². The van der Waals surface area contributed by atoms with Crippen molar-refractivity contribution in [1.29, 1.82) is 0 Å². The van der Waals surface area contributed by atoms with Crippen LogP contribution in [0.5, 0.6) is 0 Å². The number of rotatable bonds is 3. The van der Waals surface area contributed by atoms with Gasteiger partial charge in [-0.1, -0.05) is 0 Å². The van der Waals surface area contributed by atoms with Crippen molar-refractivity contribution in [1.82, 2.24) is 4.90 Å². The number of methoxy groups -OCH3 is 1. The number of carbonyl (C=O) groups excluding carboxylic acids is 1. The summed E-state index contributed by atoms with van der Waals surface area (Å²) in [6, 6.07) is 1.91. The Morgan fingerprint density at radius 1 is 1.75 bits per heavy atom. The van der Waals surface area contributed by atoms with Crippen LogP contribution in [0.3, 0.4) is 0 Å². The van der Waals surface area contributed by atoms with Gasteiger partial charge in [0.25, 0.3) is 5.91 Å². The number of aliphatic hydroxyl groups is 1. The van der Waals surface area contributed by atoms with Gasteiger partial charge in [-0.05, 0) is 17.9 Å². The molecule has 1 saturated heterocycles. The van der Waals surface area contributed by atoms with E-state index < -0.39 is 0 Å². The zero-order chi connectivity index (χ0) is 11.5. The first kappa shape index (κ1) is 11.6. The second-order valence-corrected chi connectivity index (χ2v) is 4.82. The van der Waals surface area contributed by atoms with Gasteiger partial charge in [-0.3, -0.25) is 4.79 Å². The number of ether oxygens (including phenoxy) is 1. The van der Waals surface area contributed by atoms with E-state index in [1.165, 1.54) is 11.3 Å². The van der Waals surface area contributed by atoms with Crippen molar-refractivity contribution in [3.8, 4) is 0 Å². The van der Waals surface area contributed by atoms with Crippen LogP contribution in [0.4, 0.5) is 0 Å². The number of β-amino-alcohol motifs (C(OH)–C–C–N with tert-alkyl or cyclic N) is 1. The van der Waals surface area contributed by atoms with Crippen LogP contribution in [0.1, 0.15) is 21.7 Å². The van der Waals surface area contributed by atoms with Crippen LogP contribution in [-0.2, 0) is 11.3 Å². The van der Waals surface area contributed by atoms with Crippen LogP contribution >= 0.6 is 11.3 Å². The van der Waals surface area contributed by atoms with Crippen LogP contribution in [-0.4, -0.2) is 42.2 Å². The number of thiophene rings is 1. The molecule has 1 atom stereocenters. The standard InChI is InChI=1S/C11H15NO3S/c1-15-7-8-3-5-16-10(8)11(14)12-4-2-9(13)6-12/h3,5,9,13H,2,4,6-7H2,1H3/t9-/m0/s1. The van der Waals surface area contributed by atoms with Gasteiger partial charge >= 0.3 is 0 Å². The number of carbonyl (C=O) groups is 1. The van der Waals surface area contributed by atoms with Crippen molar-refractivity contribution >= 4 is 17.2 Å². The van der Waals surface area contributed by atoms with Gasteiger partial charge in [0.05, 0.1) is 17.6 Å². The van der Waals surface area contributed by atoms with Gasteiger partial charge in [0.1, 0.15) is 0 Å². The summed E-state index contributed by atoms with van der Waals surface area (Å²) in [6.45, 7) is 1.55. The van der Waals surface area contributed by atoms with Gasteiger partial charge in [-0.2, -0.15) is 0 Å². The Hall–Kier alpha value is -0.910. The third kappa shape index (κ3) is 2.26. The highest BCUT2D eigenvalue weighted by Crippen LogP contribution is 2.22. The Balaban J connectivity index is 2.11. The van der Waals surface area contributed by atoms with Gasteiger partial charge in [0, 0.05) is 25.8 Å². The topological polar surface area (TPSA) is 49.8 Å². The summed E-state index contributed by atoms with van der Waals surface area (Å²) in [5, 5.41) is 11.3. The number of aliphatic hydroxyl groups excluding tert-OH is 1. The number of likely N-dealkylation sites (tertiary alicyclic amines) is 1. The van der Waals surface area contributed by atoms with Gasteiger partial charge < -0.3 is 14.7 Å². The lowest BCUT2D eigenvalue weighted by molar-refractivity contribution is 0.0765. The molecule has 0 saturated carbocycles. The molecule has 1 aromatic rings. The molecule has 1 fully saturated rings. The monoisotopic (exact) mass is 241 g/mol. The molecule has 1 aromatic heterocycles. The molecule has 0 spiro atoms. The van der Waals surface area contributed by atoms with Crippen LogP contribution < -0.4 is 0 Å². The maximum Gasteiger partial charge on any atom is 0.264 e. The second kappa shape index (κ2) is 4.95. The quantitative estimate of drug-likeness (QED) is 0.862. The first-order chi connectivity index (χ1) is 7.72. The smallest absolute Gasteiger partial charge is 0.264 e. The maximum atomic E-state index is 12.1. The van der Waals surface area contributed by atoms with Crippen LogP contribution in [0, 0.1) is 0 Å². The third-order valence-electron chi connectivity index (χ3n) is 2.69. The molecule has 0 radical (unpaired) electrons. The molecular formula is C11H15NO3S. The molecule has 1 N–H and O–H groups in total. The van der Waals surface area contributed by atoms with E-state index in [0.29, 0.717) is 26.1 Å². The van der Waals surface area contributed by atoms with E-state index in [1.54, 1.807) is 12.0 Å². The minimum Gasteiger partial charge on any atom is -0.391 e. The molecular weight excluding hydrogens is 226 g/mol. The summed E-state index contributed by atoms with van der Waals surface area (Å²) in [4.78, 5) is 14.6. The maximum absolute atomic E-state index is 12.1. The lowest BCUT2D eigenvalue weighted by Crippen LogP contribution is -2.29. The van der Waals surface area contributed by atoms with Gasteiger partial charge in [0.15, 0.2) is 0 Å². The summed E-state index contributed by atoms with van der Waals surface area (Å²) < 4.78 is 5.05. The van der Waals surface area contributed by atoms with E-state index >= 15 is 0 Å². The highest BCUT2D eigenvalue weighted by molar-refractivity contribution is 7.12. The van der Waals surface area contributed by atoms with Crippen molar-refractivity contribution in [3.63, 3.8) is 0 Å². The Bertz CT molecular complexity index is 377. The fourth-order valence-electron chi connectivity index (χ4n) is 1.86. The molecule has 1 amide bonds. The Morgan fingerprint density at radius 3 is 3.19 bits per heavy atom. The Morgan fingerprint density at radius 2 is 2.56 bits per heavy atom. The first-order valence-corrected chi connectivity index (χ1v) is 6.13. The summed E-state index contributed by atoms with van der Waals surface area (Å²) in [5.41, 5.74) is 0.930. The number of amides is 1. The van der Waals surface area contributed by atoms with Crippen molar-refractivity contribution < 1.29 is 14.6 Å². The molecule has 1 aliphatic rings. The molecule has 1 aliphatic heterocycles. The predicted molar refractivity (Wildman–Crippen MR) is 61.6 cm³/mol. The van der Waals surface area contributed by atoms with E-state index in [0.717, 1.165) is 10.4 Å². The zero-order valence-corrected chi connectivity index (χ0v) is 10.00. The predicted octanol–water partition coefficient (Wildman–Crippen LogP) is 1.10. The lowest BCUT2D eigenvalue weighted by Gasteiger charge is -2.15. The SMILES string of the molecule is COCc1ccsc1C(=O)N1CC[C@H](O)C1. The fourth-order valence-corrected chi connectivity index (χ4v) is 2.74. The van der Waals surface area contributed by atoms with Crippen LogP contribution in [0.2, 0.25) is 0 Å². The van der Waals surface area contributed by atoms with Crippen molar-refractivity contribution in [2.75, 3.05) is 20.2 Å². The summed E-state index contributed by atoms with van der Waals surface area (Å²) >= 11 is 1.43. The molecule has 0 aromatic carbocycles. The van der Waals surface area contributed by atoms with Crippen LogP contribution in [0.25, 0.3) is 0 Å². The lowest BCUT2D eigenvalue weighted by atomic mass is 10.2.